The molecular formula is C17H28N4O2. The van der Waals surface area contributed by atoms with E-state index in [1.807, 2.05) is 37.3 Å². The highest BCUT2D eigenvalue weighted by Crippen LogP contribution is 2.08. The van der Waals surface area contributed by atoms with Gasteiger partial charge >= 0.3 is 0 Å². The summed E-state index contributed by atoms with van der Waals surface area (Å²) in [6.07, 6.45) is 1.29. The molecule has 0 radical (unpaired) electrons. The van der Waals surface area contributed by atoms with Crippen LogP contribution < -0.4 is 15.4 Å². The van der Waals surface area contributed by atoms with Gasteiger partial charge in [0.2, 0.25) is 5.91 Å². The molecule has 0 bridgehead atoms. The predicted octanol–water partition coefficient (Wildman–Crippen LogP) is 1.49. The molecule has 2 N–H and O–H groups in total. The van der Waals surface area contributed by atoms with Gasteiger partial charge in [-0.3, -0.25) is 9.79 Å². The average Bonchev–Trinajstić information content (AvgIpc) is 2.55. The van der Waals surface area contributed by atoms with E-state index in [1.165, 1.54) is 0 Å². The number of amides is 1. The summed E-state index contributed by atoms with van der Waals surface area (Å²) < 4.78 is 5.63. The number of para-hydroxylation sites is 1. The minimum absolute atomic E-state index is 0.101. The topological polar surface area (TPSA) is 66.0 Å². The Morgan fingerprint density at radius 2 is 1.96 bits per heavy atom. The number of guanidine groups is 1. The summed E-state index contributed by atoms with van der Waals surface area (Å²) in [7, 11) is 3.52. The molecule has 0 aliphatic rings. The van der Waals surface area contributed by atoms with Crippen LogP contribution in [-0.4, -0.2) is 57.1 Å². The van der Waals surface area contributed by atoms with Crippen molar-refractivity contribution < 1.29 is 9.53 Å². The third kappa shape index (κ3) is 8.70. The zero-order valence-electron chi connectivity index (χ0n) is 14.3. The van der Waals surface area contributed by atoms with Crippen molar-refractivity contribution in [2.45, 2.75) is 19.8 Å². The van der Waals surface area contributed by atoms with Gasteiger partial charge in [-0.15, -0.1) is 0 Å². The number of carbonyl (C=O) groups excluding carboxylic acids is 1. The van der Waals surface area contributed by atoms with Gasteiger partial charge in [-0.05, 0) is 19.1 Å². The van der Waals surface area contributed by atoms with Crippen LogP contribution in [0.5, 0.6) is 5.75 Å². The van der Waals surface area contributed by atoms with Crippen molar-refractivity contribution >= 4 is 11.9 Å². The van der Waals surface area contributed by atoms with E-state index in [4.69, 9.17) is 4.74 Å². The Morgan fingerprint density at radius 1 is 1.22 bits per heavy atom. The Balaban J connectivity index is 2.24. The number of hydrogen-bond donors (Lipinski definition) is 2. The van der Waals surface area contributed by atoms with Crippen LogP contribution in [0.4, 0.5) is 0 Å². The maximum absolute atomic E-state index is 11.5. The summed E-state index contributed by atoms with van der Waals surface area (Å²) in [4.78, 5) is 17.6. The molecule has 0 spiro atoms. The lowest BCUT2D eigenvalue weighted by molar-refractivity contribution is -0.128. The fourth-order valence-corrected chi connectivity index (χ4v) is 1.82. The van der Waals surface area contributed by atoms with Crippen molar-refractivity contribution in [1.29, 1.82) is 0 Å². The molecule has 0 saturated carbocycles. The first-order valence-electron chi connectivity index (χ1n) is 8.03. The van der Waals surface area contributed by atoms with Gasteiger partial charge in [-0.25, -0.2) is 0 Å². The molecule has 1 amide bonds. The van der Waals surface area contributed by atoms with E-state index in [1.54, 1.807) is 19.0 Å². The Hall–Kier alpha value is -2.24. The minimum Gasteiger partial charge on any atom is -0.494 e. The van der Waals surface area contributed by atoms with Crippen LogP contribution >= 0.6 is 0 Å². The monoisotopic (exact) mass is 320 g/mol. The first-order valence-corrected chi connectivity index (χ1v) is 8.03. The maximum Gasteiger partial charge on any atom is 0.223 e. The molecule has 0 fully saturated rings. The quantitative estimate of drug-likeness (QED) is 0.411. The van der Waals surface area contributed by atoms with Crippen molar-refractivity contribution in [3.8, 4) is 5.75 Å². The molecule has 0 saturated heterocycles. The fraction of sp³-hybridized carbons (Fsp3) is 0.529. The molecule has 0 aliphatic carbocycles. The third-order valence-corrected chi connectivity index (χ3v) is 3.06. The van der Waals surface area contributed by atoms with E-state index in [9.17, 15) is 4.79 Å². The van der Waals surface area contributed by atoms with Crippen molar-refractivity contribution in [2.24, 2.45) is 4.99 Å². The van der Waals surface area contributed by atoms with Crippen molar-refractivity contribution in [3.63, 3.8) is 0 Å². The Bertz CT molecular complexity index is 475. The minimum atomic E-state index is 0.101. The Labute approximate surface area is 138 Å². The van der Waals surface area contributed by atoms with Crippen LogP contribution in [0, 0.1) is 0 Å². The van der Waals surface area contributed by atoms with Crippen LogP contribution in [-0.2, 0) is 4.79 Å². The van der Waals surface area contributed by atoms with Crippen LogP contribution in [0.2, 0.25) is 0 Å². The largest absolute Gasteiger partial charge is 0.494 e. The summed E-state index contributed by atoms with van der Waals surface area (Å²) in [6, 6.07) is 9.76. The van der Waals surface area contributed by atoms with E-state index in [2.05, 4.69) is 15.6 Å². The molecule has 6 nitrogen and oxygen atoms in total. The molecule has 6 heteroatoms. The first-order chi connectivity index (χ1) is 11.1. The average molecular weight is 320 g/mol. The highest BCUT2D eigenvalue weighted by atomic mass is 16.5. The summed E-state index contributed by atoms with van der Waals surface area (Å²) >= 11 is 0. The molecule has 0 atom stereocenters. The van der Waals surface area contributed by atoms with E-state index in [0.717, 1.165) is 24.7 Å². The molecule has 128 valence electrons. The lowest BCUT2D eigenvalue weighted by Gasteiger charge is -2.13. The lowest BCUT2D eigenvalue weighted by Crippen LogP contribution is -2.39. The normalized spacial score (nSPS) is 11.0. The van der Waals surface area contributed by atoms with Crippen LogP contribution in [0.25, 0.3) is 0 Å². The molecule has 1 aromatic carbocycles. The van der Waals surface area contributed by atoms with Gasteiger partial charge < -0.3 is 20.3 Å². The molecule has 0 aliphatic heterocycles. The van der Waals surface area contributed by atoms with E-state index in [-0.39, 0.29) is 5.91 Å². The Morgan fingerprint density at radius 3 is 2.61 bits per heavy atom. The number of nitrogens with zero attached hydrogens (tertiary/aromatic N) is 2. The molecule has 23 heavy (non-hydrogen) atoms. The molecule has 0 heterocycles. The van der Waals surface area contributed by atoms with Gasteiger partial charge in [0.05, 0.1) is 6.61 Å². The number of hydrogen-bond acceptors (Lipinski definition) is 3. The summed E-state index contributed by atoms with van der Waals surface area (Å²) in [5, 5.41) is 6.33. The lowest BCUT2D eigenvalue weighted by atomic mass is 10.3. The number of aliphatic imine (C=N–C) groups is 1. The zero-order chi connectivity index (χ0) is 16.9. The van der Waals surface area contributed by atoms with Crippen LogP contribution in [0.1, 0.15) is 19.8 Å². The smallest absolute Gasteiger partial charge is 0.223 e. The van der Waals surface area contributed by atoms with Crippen LogP contribution in [0.3, 0.4) is 0 Å². The summed E-state index contributed by atoms with van der Waals surface area (Å²) in [5.41, 5.74) is 0. The third-order valence-electron chi connectivity index (χ3n) is 3.06. The molecule has 0 aromatic heterocycles. The number of nitrogens with one attached hydrogen (secondary N) is 2. The number of benzene rings is 1. The summed E-state index contributed by atoms with van der Waals surface area (Å²) in [5.74, 6) is 1.71. The predicted molar refractivity (Wildman–Crippen MR) is 93.8 cm³/mol. The van der Waals surface area contributed by atoms with Gasteiger partial charge in [0, 0.05) is 46.6 Å². The highest BCUT2D eigenvalue weighted by Gasteiger charge is 2.04. The standard InChI is InChI=1S/C17H28N4O2/c1-4-18-17(20-13-11-16(22)21(2)3)19-12-8-14-23-15-9-6-5-7-10-15/h5-7,9-10H,4,8,11-14H2,1-3H3,(H2,18,19,20). The van der Waals surface area contributed by atoms with Crippen molar-refractivity contribution in [1.82, 2.24) is 15.5 Å². The number of ether oxygens (including phenoxy) is 1. The first kappa shape index (κ1) is 18.8. The second kappa shape index (κ2) is 11.3. The molecule has 1 rings (SSSR count). The second-order valence-corrected chi connectivity index (χ2v) is 5.24. The Kier molecular flexibility index (Phi) is 9.28. The second-order valence-electron chi connectivity index (χ2n) is 5.24. The molecule has 1 aromatic rings. The van der Waals surface area contributed by atoms with Crippen molar-refractivity contribution in [3.05, 3.63) is 30.3 Å². The number of rotatable bonds is 9. The van der Waals surface area contributed by atoms with Gasteiger partial charge in [-0.1, -0.05) is 18.2 Å². The van der Waals surface area contributed by atoms with Crippen LogP contribution in [0.15, 0.2) is 35.3 Å². The number of carbonyl (C=O) groups is 1. The van der Waals surface area contributed by atoms with E-state index in [0.29, 0.717) is 26.1 Å². The van der Waals surface area contributed by atoms with E-state index >= 15 is 0 Å². The SMILES string of the molecule is CCNC(=NCCCOc1ccccc1)NCCC(=O)N(C)C. The van der Waals surface area contributed by atoms with Gasteiger partial charge in [-0.2, -0.15) is 0 Å². The fourth-order valence-electron chi connectivity index (χ4n) is 1.82. The van der Waals surface area contributed by atoms with E-state index < -0.39 is 0 Å². The van der Waals surface area contributed by atoms with Gasteiger partial charge in [0.25, 0.3) is 0 Å². The molecule has 0 unspecified atom stereocenters. The molecular weight excluding hydrogens is 292 g/mol. The van der Waals surface area contributed by atoms with Crippen molar-refractivity contribution in [2.75, 3.05) is 40.3 Å². The maximum atomic E-state index is 11.5. The van der Waals surface area contributed by atoms with Gasteiger partial charge in [0.15, 0.2) is 5.96 Å². The zero-order valence-corrected chi connectivity index (χ0v) is 14.3. The highest BCUT2D eigenvalue weighted by molar-refractivity contribution is 5.81. The summed E-state index contributed by atoms with van der Waals surface area (Å²) in [6.45, 7) is 4.67. The van der Waals surface area contributed by atoms with Gasteiger partial charge in [0.1, 0.15) is 5.75 Å².